The second-order valence-corrected chi connectivity index (χ2v) is 6.77. The molecule has 1 aliphatic carbocycles. The van der Waals surface area contributed by atoms with Gasteiger partial charge in [-0.05, 0) is 36.8 Å². The first kappa shape index (κ1) is 14.4. The third-order valence-electron chi connectivity index (χ3n) is 4.71. The molecule has 1 heterocycles. The molecular formula is C16H19Cl2NO. The maximum absolute atomic E-state index is 12.3. The Kier molecular flexibility index (Phi) is 4.34. The predicted molar refractivity (Wildman–Crippen MR) is 82.7 cm³/mol. The van der Waals surface area contributed by atoms with Crippen LogP contribution in [0.2, 0.25) is 10.0 Å². The lowest BCUT2D eigenvalue weighted by atomic mass is 10.0. The summed E-state index contributed by atoms with van der Waals surface area (Å²) in [5.74, 6) is 1.84. The fraction of sp³-hybridized carbons (Fsp3) is 0.562. The topological polar surface area (TPSA) is 20.3 Å². The van der Waals surface area contributed by atoms with Gasteiger partial charge >= 0.3 is 0 Å². The van der Waals surface area contributed by atoms with Crippen LogP contribution in [-0.2, 0) is 0 Å². The van der Waals surface area contributed by atoms with Gasteiger partial charge in [-0.1, -0.05) is 35.7 Å². The number of ketones is 1. The highest BCUT2D eigenvalue weighted by atomic mass is 35.5. The zero-order valence-electron chi connectivity index (χ0n) is 11.4. The molecule has 2 unspecified atom stereocenters. The van der Waals surface area contributed by atoms with Crippen molar-refractivity contribution in [3.8, 4) is 0 Å². The molecule has 2 atom stereocenters. The van der Waals surface area contributed by atoms with Crippen LogP contribution in [0.4, 0.5) is 0 Å². The van der Waals surface area contributed by atoms with Crippen LogP contribution >= 0.6 is 23.2 Å². The normalized spacial score (nSPS) is 25.9. The van der Waals surface area contributed by atoms with E-state index >= 15 is 0 Å². The zero-order chi connectivity index (χ0) is 14.1. The third kappa shape index (κ3) is 2.88. The Morgan fingerprint density at radius 1 is 1.20 bits per heavy atom. The van der Waals surface area contributed by atoms with Crippen molar-refractivity contribution >= 4 is 29.0 Å². The van der Waals surface area contributed by atoms with E-state index in [1.165, 1.54) is 32.4 Å². The monoisotopic (exact) mass is 311 g/mol. The molecule has 1 aromatic carbocycles. The zero-order valence-corrected chi connectivity index (χ0v) is 13.0. The van der Waals surface area contributed by atoms with Gasteiger partial charge in [-0.15, -0.1) is 0 Å². The van der Waals surface area contributed by atoms with Crippen LogP contribution < -0.4 is 0 Å². The highest BCUT2D eigenvalue weighted by Crippen LogP contribution is 2.37. The molecule has 3 rings (SSSR count). The minimum atomic E-state index is 0.0922. The van der Waals surface area contributed by atoms with E-state index in [1.54, 1.807) is 18.2 Å². The predicted octanol–water partition coefficient (Wildman–Crippen LogP) is 4.30. The maximum atomic E-state index is 12.3. The van der Waals surface area contributed by atoms with E-state index in [4.69, 9.17) is 23.2 Å². The summed E-state index contributed by atoms with van der Waals surface area (Å²) >= 11 is 12.1. The molecule has 0 amide bonds. The summed E-state index contributed by atoms with van der Waals surface area (Å²) in [7, 11) is 0. The number of likely N-dealkylation sites (tertiary alicyclic amines) is 1. The van der Waals surface area contributed by atoms with Crippen molar-refractivity contribution in [1.29, 1.82) is 0 Å². The number of benzene rings is 1. The van der Waals surface area contributed by atoms with Crippen molar-refractivity contribution in [2.75, 3.05) is 19.6 Å². The number of halogens is 2. The Bertz CT molecular complexity index is 505. The van der Waals surface area contributed by atoms with E-state index < -0.39 is 0 Å². The number of Topliss-reactive ketones (excluding diaryl/α,β-unsaturated/α-hetero) is 1. The number of hydrogen-bond donors (Lipinski definition) is 0. The number of rotatable bonds is 4. The summed E-state index contributed by atoms with van der Waals surface area (Å²) in [5, 5.41) is 0.839. The summed E-state index contributed by atoms with van der Waals surface area (Å²) in [6, 6.07) is 5.25. The molecule has 0 bridgehead atoms. The fourth-order valence-corrected chi connectivity index (χ4v) is 4.03. The molecule has 2 aliphatic rings. The highest BCUT2D eigenvalue weighted by molar-refractivity contribution is 6.43. The average Bonchev–Trinajstić information content (AvgIpc) is 3.00. The smallest absolute Gasteiger partial charge is 0.165 e. The van der Waals surface area contributed by atoms with Gasteiger partial charge in [-0.2, -0.15) is 0 Å². The average molecular weight is 312 g/mol. The number of hydrogen-bond acceptors (Lipinski definition) is 2. The summed E-state index contributed by atoms with van der Waals surface area (Å²) in [4.78, 5) is 14.7. The van der Waals surface area contributed by atoms with Crippen molar-refractivity contribution in [2.45, 2.75) is 25.7 Å². The van der Waals surface area contributed by atoms with Crippen LogP contribution in [-0.4, -0.2) is 30.3 Å². The third-order valence-corrected chi connectivity index (χ3v) is 5.53. The van der Waals surface area contributed by atoms with Gasteiger partial charge in [-0.25, -0.2) is 0 Å². The van der Waals surface area contributed by atoms with Gasteiger partial charge in [0, 0.05) is 31.6 Å². The molecule has 0 spiro atoms. The van der Waals surface area contributed by atoms with Crippen molar-refractivity contribution in [2.24, 2.45) is 11.8 Å². The van der Waals surface area contributed by atoms with Gasteiger partial charge in [-0.3, -0.25) is 4.79 Å². The van der Waals surface area contributed by atoms with Gasteiger partial charge in [0.2, 0.25) is 0 Å². The molecule has 2 fully saturated rings. The van der Waals surface area contributed by atoms with E-state index in [0.29, 0.717) is 22.0 Å². The van der Waals surface area contributed by atoms with Gasteiger partial charge < -0.3 is 4.90 Å². The van der Waals surface area contributed by atoms with E-state index in [2.05, 4.69) is 4.90 Å². The molecule has 4 heteroatoms. The number of fused-ring (bicyclic) bond motifs is 1. The second-order valence-electron chi connectivity index (χ2n) is 5.99. The van der Waals surface area contributed by atoms with Crippen LogP contribution in [0, 0.1) is 11.8 Å². The molecule has 0 N–H and O–H groups in total. The lowest BCUT2D eigenvalue weighted by Crippen LogP contribution is -2.24. The van der Waals surface area contributed by atoms with E-state index in [0.717, 1.165) is 18.4 Å². The van der Waals surface area contributed by atoms with Crippen LogP contribution in [0.5, 0.6) is 0 Å². The van der Waals surface area contributed by atoms with Crippen LogP contribution in [0.3, 0.4) is 0 Å². The number of nitrogens with zero attached hydrogens (tertiary/aromatic N) is 1. The Morgan fingerprint density at radius 2 is 1.90 bits per heavy atom. The largest absolute Gasteiger partial charge is 0.302 e. The molecule has 20 heavy (non-hydrogen) atoms. The molecule has 1 aliphatic heterocycles. The summed E-state index contributed by atoms with van der Waals surface area (Å²) in [5.41, 5.74) is 0.554. The Balaban J connectivity index is 1.56. The van der Waals surface area contributed by atoms with Crippen LogP contribution in [0.15, 0.2) is 18.2 Å². The van der Waals surface area contributed by atoms with Crippen molar-refractivity contribution in [3.63, 3.8) is 0 Å². The first-order chi connectivity index (χ1) is 9.65. The van der Waals surface area contributed by atoms with E-state index in [1.807, 2.05) is 0 Å². The van der Waals surface area contributed by atoms with Crippen molar-refractivity contribution in [1.82, 2.24) is 4.90 Å². The highest BCUT2D eigenvalue weighted by Gasteiger charge is 2.35. The first-order valence-corrected chi connectivity index (χ1v) is 8.10. The molecule has 0 radical (unpaired) electrons. The molecule has 2 nitrogen and oxygen atoms in total. The Labute approximate surface area is 130 Å². The number of carbonyl (C=O) groups is 1. The van der Waals surface area contributed by atoms with Gasteiger partial charge in [0.05, 0.1) is 10.0 Å². The fourth-order valence-electron chi connectivity index (χ4n) is 3.63. The van der Waals surface area contributed by atoms with Crippen LogP contribution in [0.1, 0.15) is 36.0 Å². The minimum Gasteiger partial charge on any atom is -0.302 e. The first-order valence-electron chi connectivity index (χ1n) is 7.34. The lowest BCUT2D eigenvalue weighted by Gasteiger charge is -2.16. The summed E-state index contributed by atoms with van der Waals surface area (Å²) < 4.78 is 0. The standard InChI is InChI=1S/C16H19Cl2NO/c17-14-6-2-5-13(16(14)18)15(20)7-8-19-9-11-3-1-4-12(11)10-19/h2,5-6,11-12H,1,3-4,7-10H2. The van der Waals surface area contributed by atoms with Gasteiger partial charge in [0.15, 0.2) is 5.78 Å². The quantitative estimate of drug-likeness (QED) is 0.773. The van der Waals surface area contributed by atoms with Gasteiger partial charge in [0.25, 0.3) is 0 Å². The van der Waals surface area contributed by atoms with E-state index in [9.17, 15) is 4.79 Å². The summed E-state index contributed by atoms with van der Waals surface area (Å²) in [6.07, 6.45) is 4.66. The molecular weight excluding hydrogens is 293 g/mol. The molecule has 1 saturated carbocycles. The Morgan fingerprint density at radius 3 is 2.60 bits per heavy atom. The van der Waals surface area contributed by atoms with Gasteiger partial charge in [0.1, 0.15) is 0 Å². The molecule has 1 saturated heterocycles. The molecule has 108 valence electrons. The van der Waals surface area contributed by atoms with Crippen molar-refractivity contribution < 1.29 is 4.79 Å². The molecule has 0 aromatic heterocycles. The Hall–Kier alpha value is -0.570. The van der Waals surface area contributed by atoms with E-state index in [-0.39, 0.29) is 5.78 Å². The summed E-state index contributed by atoms with van der Waals surface area (Å²) in [6.45, 7) is 3.18. The second kappa shape index (κ2) is 6.05. The maximum Gasteiger partial charge on any atom is 0.165 e. The lowest BCUT2D eigenvalue weighted by molar-refractivity contribution is 0.0967. The SMILES string of the molecule is O=C(CCN1CC2CCCC2C1)c1cccc(Cl)c1Cl. The van der Waals surface area contributed by atoms with Crippen molar-refractivity contribution in [3.05, 3.63) is 33.8 Å². The van der Waals surface area contributed by atoms with Crippen LogP contribution in [0.25, 0.3) is 0 Å². The minimum absolute atomic E-state index is 0.0922. The molecule has 1 aromatic rings. The number of carbonyl (C=O) groups excluding carboxylic acids is 1.